The molecule has 0 N–H and O–H groups in total. The van der Waals surface area contributed by atoms with Crippen molar-refractivity contribution < 1.29 is 23.6 Å². The number of thiazole rings is 1. The van der Waals surface area contributed by atoms with Crippen molar-refractivity contribution in [1.82, 2.24) is 4.57 Å². The second-order valence-corrected chi connectivity index (χ2v) is 12.2. The molecule has 3 aromatic carbocycles. The number of nitro groups is 1. The largest absolute Gasteiger partial charge is 0.497 e. The van der Waals surface area contributed by atoms with Crippen molar-refractivity contribution in [2.75, 3.05) is 13.7 Å². The van der Waals surface area contributed by atoms with Gasteiger partial charge in [-0.1, -0.05) is 65.4 Å². The Labute approximate surface area is 278 Å². The van der Waals surface area contributed by atoms with Gasteiger partial charge in [-0.3, -0.25) is 19.5 Å². The Kier molecular flexibility index (Phi) is 8.76. The van der Waals surface area contributed by atoms with Crippen molar-refractivity contribution in [3.63, 3.8) is 0 Å². The maximum absolute atomic E-state index is 14.1. The first-order chi connectivity index (χ1) is 22.2. The highest BCUT2D eigenvalue weighted by atomic mass is 79.9. The highest BCUT2D eigenvalue weighted by Gasteiger charge is 2.35. The summed E-state index contributed by atoms with van der Waals surface area (Å²) in [5.41, 5.74) is 1.78. The molecule has 3 heterocycles. The van der Waals surface area contributed by atoms with Crippen LogP contribution in [0.1, 0.15) is 29.9 Å². The molecule has 0 fully saturated rings. The fourth-order valence-corrected chi connectivity index (χ4v) is 6.68. The van der Waals surface area contributed by atoms with Gasteiger partial charge in [0.15, 0.2) is 4.80 Å². The van der Waals surface area contributed by atoms with Crippen LogP contribution in [-0.4, -0.2) is 29.2 Å². The van der Waals surface area contributed by atoms with E-state index in [4.69, 9.17) is 30.5 Å². The number of nitrogens with zero attached hydrogens (tertiary/aromatic N) is 3. The van der Waals surface area contributed by atoms with E-state index in [1.54, 1.807) is 62.6 Å². The fraction of sp³-hybridized carbons (Fsp3) is 0.121. The minimum atomic E-state index is -0.851. The van der Waals surface area contributed by atoms with Crippen molar-refractivity contribution in [3.05, 3.63) is 141 Å². The number of hydrogen-bond acceptors (Lipinski definition) is 9. The zero-order valence-corrected chi connectivity index (χ0v) is 27.4. The molecule has 1 atom stereocenters. The van der Waals surface area contributed by atoms with Crippen LogP contribution in [0.15, 0.2) is 103 Å². The second kappa shape index (κ2) is 12.9. The highest BCUT2D eigenvalue weighted by Crippen LogP contribution is 2.38. The number of halogens is 2. The maximum atomic E-state index is 14.1. The van der Waals surface area contributed by atoms with Crippen molar-refractivity contribution in [2.24, 2.45) is 4.99 Å². The predicted molar refractivity (Wildman–Crippen MR) is 178 cm³/mol. The number of benzene rings is 3. The summed E-state index contributed by atoms with van der Waals surface area (Å²) in [5, 5.41) is 11.7. The normalized spacial score (nSPS) is 14.5. The molecule has 232 valence electrons. The molecule has 13 heteroatoms. The van der Waals surface area contributed by atoms with Crippen LogP contribution >= 0.6 is 38.9 Å². The lowest BCUT2D eigenvalue weighted by Crippen LogP contribution is -2.40. The molecule has 0 unspecified atom stereocenters. The predicted octanol–water partition coefficient (Wildman–Crippen LogP) is 6.53. The van der Waals surface area contributed by atoms with Gasteiger partial charge < -0.3 is 13.9 Å². The monoisotopic (exact) mass is 719 g/mol. The lowest BCUT2D eigenvalue weighted by molar-refractivity contribution is -0.385. The van der Waals surface area contributed by atoms with E-state index < -0.39 is 22.5 Å². The summed E-state index contributed by atoms with van der Waals surface area (Å²) in [6.45, 7) is 1.86. The Morgan fingerprint density at radius 2 is 1.87 bits per heavy atom. The third-order valence-electron chi connectivity index (χ3n) is 7.20. The van der Waals surface area contributed by atoms with Crippen molar-refractivity contribution >= 4 is 62.3 Å². The Morgan fingerprint density at radius 1 is 1.13 bits per heavy atom. The Hall–Kier alpha value is -4.78. The topological polar surface area (TPSA) is 126 Å². The van der Waals surface area contributed by atoms with Crippen molar-refractivity contribution in [1.29, 1.82) is 0 Å². The molecular formula is C33H23BrClN3O7S. The number of carbonyl (C=O) groups excluding carboxylic acids is 1. The number of esters is 1. The highest BCUT2D eigenvalue weighted by molar-refractivity contribution is 9.10. The number of aromatic nitrogens is 1. The number of carbonyl (C=O) groups is 1. The van der Waals surface area contributed by atoms with E-state index in [0.717, 1.165) is 11.3 Å². The first kappa shape index (κ1) is 31.2. The molecule has 0 bridgehead atoms. The van der Waals surface area contributed by atoms with Crippen molar-refractivity contribution in [3.8, 4) is 17.1 Å². The van der Waals surface area contributed by atoms with E-state index in [0.29, 0.717) is 49.0 Å². The standard InChI is InChI=1S/C33H23BrClN3O7S/c1-3-44-32(40)27-29(18-7-5-4-6-8-18)36-33-37(30(27)19-9-11-21(43-2)12-10-19)31(39)26(46-33)17-22-13-14-25(45-22)20-15-23(35)28(34)24(16-20)38(41)42/h4-17,30H,3H2,1-2H3/b26-17-/t30-/m0/s1. The van der Waals surface area contributed by atoms with E-state index in [-0.39, 0.29) is 27.4 Å². The summed E-state index contributed by atoms with van der Waals surface area (Å²) in [4.78, 5) is 43.9. The van der Waals surface area contributed by atoms with E-state index in [1.165, 1.54) is 10.6 Å². The molecule has 6 rings (SSSR count). The van der Waals surface area contributed by atoms with Crippen LogP contribution in [0.2, 0.25) is 5.02 Å². The van der Waals surface area contributed by atoms with Gasteiger partial charge >= 0.3 is 5.97 Å². The number of hydrogen-bond donors (Lipinski definition) is 0. The molecule has 0 saturated carbocycles. The molecule has 0 spiro atoms. The smallest absolute Gasteiger partial charge is 0.338 e. The molecule has 0 amide bonds. The van der Waals surface area contributed by atoms with Crippen LogP contribution in [0.3, 0.4) is 0 Å². The summed E-state index contributed by atoms with van der Waals surface area (Å²) < 4.78 is 18.8. The van der Waals surface area contributed by atoms with Crippen LogP contribution < -0.4 is 19.6 Å². The van der Waals surface area contributed by atoms with Gasteiger partial charge in [0.1, 0.15) is 21.7 Å². The SMILES string of the molecule is CCOC(=O)C1=C(c2ccccc2)N=c2s/c(=C\c3ccc(-c4cc(Cl)c(Br)c([N+](=O)[O-])c4)o3)c(=O)n2[C@H]1c1ccc(OC)cc1. The number of ether oxygens (including phenoxy) is 2. The minimum Gasteiger partial charge on any atom is -0.497 e. The van der Waals surface area contributed by atoms with Gasteiger partial charge in [0.2, 0.25) is 0 Å². The zero-order valence-electron chi connectivity index (χ0n) is 24.2. The third kappa shape index (κ3) is 5.82. The lowest BCUT2D eigenvalue weighted by Gasteiger charge is -2.26. The Bertz CT molecular complexity index is 2210. The molecule has 1 aliphatic rings. The number of rotatable bonds is 8. The van der Waals surface area contributed by atoms with Crippen LogP contribution in [0.4, 0.5) is 5.69 Å². The van der Waals surface area contributed by atoms with Gasteiger partial charge in [0, 0.05) is 23.3 Å². The first-order valence-corrected chi connectivity index (χ1v) is 15.8. The molecule has 0 saturated heterocycles. The van der Waals surface area contributed by atoms with E-state index in [2.05, 4.69) is 15.9 Å². The molecule has 2 aromatic heterocycles. The number of nitro benzene ring substituents is 1. The summed E-state index contributed by atoms with van der Waals surface area (Å²) in [6.07, 6.45) is 1.57. The van der Waals surface area contributed by atoms with Crippen LogP contribution in [0.25, 0.3) is 23.1 Å². The van der Waals surface area contributed by atoms with Gasteiger partial charge in [0.05, 0.1) is 45.5 Å². The zero-order chi connectivity index (χ0) is 32.5. The van der Waals surface area contributed by atoms with Crippen LogP contribution in [0.5, 0.6) is 5.75 Å². The number of furan rings is 1. The Balaban J connectivity index is 1.53. The summed E-state index contributed by atoms with van der Waals surface area (Å²) in [7, 11) is 1.56. The molecule has 46 heavy (non-hydrogen) atoms. The molecule has 0 radical (unpaired) electrons. The average Bonchev–Trinajstić information content (AvgIpc) is 3.65. The first-order valence-electron chi connectivity index (χ1n) is 13.9. The lowest BCUT2D eigenvalue weighted by atomic mass is 9.93. The van der Waals surface area contributed by atoms with Gasteiger partial charge in [-0.05, 0) is 58.7 Å². The Morgan fingerprint density at radius 3 is 2.54 bits per heavy atom. The minimum absolute atomic E-state index is 0.137. The molecule has 5 aromatic rings. The van der Waals surface area contributed by atoms with E-state index >= 15 is 0 Å². The second-order valence-electron chi connectivity index (χ2n) is 9.95. The number of methoxy groups -OCH3 is 1. The summed E-state index contributed by atoms with van der Waals surface area (Å²) in [6, 6.07) is 21.7. The molecular weight excluding hydrogens is 698 g/mol. The van der Waals surface area contributed by atoms with Gasteiger partial charge in [-0.15, -0.1) is 0 Å². The average molecular weight is 721 g/mol. The van der Waals surface area contributed by atoms with Gasteiger partial charge in [0.25, 0.3) is 11.2 Å². The molecule has 0 aliphatic carbocycles. The third-order valence-corrected chi connectivity index (χ3v) is 9.54. The maximum Gasteiger partial charge on any atom is 0.338 e. The van der Waals surface area contributed by atoms with Crippen LogP contribution in [0, 0.1) is 10.1 Å². The molecule has 10 nitrogen and oxygen atoms in total. The summed E-state index contributed by atoms with van der Waals surface area (Å²) in [5.74, 6) is 0.685. The molecule has 1 aliphatic heterocycles. The van der Waals surface area contributed by atoms with Crippen LogP contribution in [-0.2, 0) is 9.53 Å². The van der Waals surface area contributed by atoms with Gasteiger partial charge in [-0.2, -0.15) is 0 Å². The quantitative estimate of drug-likeness (QED) is 0.101. The van der Waals surface area contributed by atoms with Crippen molar-refractivity contribution in [2.45, 2.75) is 13.0 Å². The summed E-state index contributed by atoms with van der Waals surface area (Å²) >= 11 is 10.5. The van der Waals surface area contributed by atoms with E-state index in [1.807, 2.05) is 30.3 Å². The van der Waals surface area contributed by atoms with Gasteiger partial charge in [-0.25, -0.2) is 9.79 Å². The fourth-order valence-electron chi connectivity index (χ4n) is 5.11. The number of fused-ring (bicyclic) bond motifs is 1. The van der Waals surface area contributed by atoms with E-state index in [9.17, 15) is 19.7 Å².